The van der Waals surface area contributed by atoms with Crippen molar-refractivity contribution in [2.24, 2.45) is 5.10 Å². The van der Waals surface area contributed by atoms with Gasteiger partial charge in [0.1, 0.15) is 10.8 Å². The number of halogens is 3. The van der Waals surface area contributed by atoms with Crippen molar-refractivity contribution in [3.63, 3.8) is 0 Å². The first-order chi connectivity index (χ1) is 12.9. The summed E-state index contributed by atoms with van der Waals surface area (Å²) in [5.41, 5.74) is 4.51. The molecular formula is C16H14Cl3N7O. The molecule has 2 N–H and O–H groups in total. The summed E-state index contributed by atoms with van der Waals surface area (Å²) in [5, 5.41) is 17.4. The van der Waals surface area contributed by atoms with Crippen LogP contribution < -0.4 is 11.0 Å². The van der Waals surface area contributed by atoms with Gasteiger partial charge in [-0.3, -0.25) is 9.78 Å². The lowest BCUT2D eigenvalue weighted by atomic mass is 10.2. The highest BCUT2D eigenvalue weighted by atomic mass is 35.5. The Morgan fingerprint density at radius 3 is 2.56 bits per heavy atom. The highest BCUT2D eigenvalue weighted by Gasteiger charge is 2.14. The van der Waals surface area contributed by atoms with Gasteiger partial charge in [0.15, 0.2) is 0 Å². The monoisotopic (exact) mass is 425 g/mol. The predicted octanol–water partition coefficient (Wildman–Crippen LogP) is 3.43. The molecule has 0 aliphatic heterocycles. The average molecular weight is 427 g/mol. The number of anilines is 1. The van der Waals surface area contributed by atoms with E-state index in [1.54, 1.807) is 36.7 Å². The highest BCUT2D eigenvalue weighted by molar-refractivity contribution is 6.36. The fourth-order valence-corrected chi connectivity index (χ4v) is 3.05. The van der Waals surface area contributed by atoms with Crippen molar-refractivity contribution in [2.75, 3.05) is 5.43 Å². The molecule has 3 aromatic rings. The Balaban J connectivity index is 1.81. The molecule has 0 bridgehead atoms. The summed E-state index contributed by atoms with van der Waals surface area (Å²) in [7, 11) is 0. The number of aromatic amines is 1. The number of H-pyrrole nitrogens is 1. The SMILES string of the molecule is Cc1nn(Cc2c(Cl)cccc2Cl)c(Cl)c1/C=N/Nc1nnc(C)c(=O)[nH]1. The third-order valence-corrected chi connectivity index (χ3v) is 4.81. The fourth-order valence-electron chi connectivity index (χ4n) is 2.25. The number of nitrogens with zero attached hydrogens (tertiary/aromatic N) is 5. The number of hydrazone groups is 1. The van der Waals surface area contributed by atoms with Crippen molar-refractivity contribution < 1.29 is 0 Å². The van der Waals surface area contributed by atoms with E-state index in [2.05, 4.69) is 30.8 Å². The van der Waals surface area contributed by atoms with Crippen molar-refractivity contribution in [2.45, 2.75) is 20.4 Å². The number of hydrogen-bond acceptors (Lipinski definition) is 6. The smallest absolute Gasteiger partial charge is 0.274 e. The quantitative estimate of drug-likeness (QED) is 0.481. The highest BCUT2D eigenvalue weighted by Crippen LogP contribution is 2.27. The molecule has 0 aliphatic rings. The van der Waals surface area contributed by atoms with Crippen LogP contribution in [0.5, 0.6) is 0 Å². The molecule has 0 aliphatic carbocycles. The minimum atomic E-state index is -0.346. The Kier molecular flexibility index (Phi) is 5.79. The van der Waals surface area contributed by atoms with Gasteiger partial charge in [0.2, 0.25) is 5.95 Å². The van der Waals surface area contributed by atoms with E-state index in [4.69, 9.17) is 34.8 Å². The lowest BCUT2D eigenvalue weighted by Gasteiger charge is -2.08. The van der Waals surface area contributed by atoms with Gasteiger partial charge in [-0.2, -0.15) is 10.2 Å². The number of benzene rings is 1. The summed E-state index contributed by atoms with van der Waals surface area (Å²) < 4.78 is 1.58. The Hall–Kier alpha value is -2.42. The fraction of sp³-hybridized carbons (Fsp3) is 0.188. The summed E-state index contributed by atoms with van der Waals surface area (Å²) in [6.07, 6.45) is 1.48. The van der Waals surface area contributed by atoms with Gasteiger partial charge in [0.25, 0.3) is 5.56 Å². The molecule has 8 nitrogen and oxygen atoms in total. The summed E-state index contributed by atoms with van der Waals surface area (Å²) in [4.78, 5) is 14.0. The Labute approximate surface area is 169 Å². The van der Waals surface area contributed by atoms with Gasteiger partial charge in [-0.1, -0.05) is 40.9 Å². The largest absolute Gasteiger partial charge is 0.288 e. The van der Waals surface area contributed by atoms with Crippen LogP contribution in [0.3, 0.4) is 0 Å². The van der Waals surface area contributed by atoms with E-state index in [9.17, 15) is 4.79 Å². The predicted molar refractivity (Wildman–Crippen MR) is 106 cm³/mol. The van der Waals surface area contributed by atoms with Crippen LogP contribution in [0, 0.1) is 13.8 Å². The van der Waals surface area contributed by atoms with Crippen LogP contribution >= 0.6 is 34.8 Å². The topological polar surface area (TPSA) is 101 Å². The van der Waals surface area contributed by atoms with Gasteiger partial charge in [-0.05, 0) is 26.0 Å². The van der Waals surface area contributed by atoms with Crippen LogP contribution in [0.2, 0.25) is 15.2 Å². The minimum absolute atomic E-state index is 0.117. The van der Waals surface area contributed by atoms with E-state index in [-0.39, 0.29) is 17.2 Å². The Morgan fingerprint density at radius 2 is 1.89 bits per heavy atom. The van der Waals surface area contributed by atoms with Crippen LogP contribution in [0.25, 0.3) is 0 Å². The van der Waals surface area contributed by atoms with Crippen molar-refractivity contribution >= 4 is 47.0 Å². The average Bonchev–Trinajstić information content (AvgIpc) is 2.88. The van der Waals surface area contributed by atoms with Crippen LogP contribution in [0.15, 0.2) is 28.1 Å². The van der Waals surface area contributed by atoms with E-state index in [0.717, 1.165) is 5.56 Å². The second-order valence-electron chi connectivity index (χ2n) is 5.61. The van der Waals surface area contributed by atoms with Gasteiger partial charge in [0, 0.05) is 15.6 Å². The molecule has 0 unspecified atom stereocenters. The van der Waals surface area contributed by atoms with Gasteiger partial charge < -0.3 is 0 Å². The standard InChI is InChI=1S/C16H14Cl3N7O/c1-8-10(6-20-23-16-21-15(27)9(2)22-24-16)14(19)26(25-8)7-11-12(17)4-3-5-13(11)18/h3-6H,7H2,1-2H3,(H2,21,23,24,27)/b20-6+. The van der Waals surface area contributed by atoms with Gasteiger partial charge in [-0.15, -0.1) is 10.2 Å². The summed E-state index contributed by atoms with van der Waals surface area (Å²) in [6.45, 7) is 3.67. The molecule has 0 saturated heterocycles. The molecule has 11 heteroatoms. The molecule has 2 heterocycles. The zero-order chi connectivity index (χ0) is 19.6. The number of nitrogens with one attached hydrogen (secondary N) is 2. The molecule has 0 spiro atoms. The number of aryl methyl sites for hydroxylation is 2. The van der Waals surface area contributed by atoms with E-state index >= 15 is 0 Å². The van der Waals surface area contributed by atoms with Crippen LogP contribution in [-0.4, -0.2) is 31.2 Å². The summed E-state index contributed by atoms with van der Waals surface area (Å²) >= 11 is 18.8. The van der Waals surface area contributed by atoms with E-state index in [0.29, 0.717) is 33.0 Å². The van der Waals surface area contributed by atoms with Crippen LogP contribution in [0.4, 0.5) is 5.95 Å². The number of rotatable bonds is 5. The first kappa shape index (κ1) is 19.3. The first-order valence-corrected chi connectivity index (χ1v) is 8.88. The van der Waals surface area contributed by atoms with Gasteiger partial charge in [0.05, 0.1) is 24.0 Å². The summed E-state index contributed by atoms with van der Waals surface area (Å²) in [6, 6.07) is 5.28. The third-order valence-electron chi connectivity index (χ3n) is 3.70. The Bertz CT molecular complexity index is 1050. The molecular weight excluding hydrogens is 413 g/mol. The maximum Gasteiger partial charge on any atom is 0.274 e. The van der Waals surface area contributed by atoms with Gasteiger partial charge >= 0.3 is 0 Å². The molecule has 0 fully saturated rings. The van der Waals surface area contributed by atoms with Crippen molar-refractivity contribution in [3.05, 3.63) is 66.3 Å². The zero-order valence-electron chi connectivity index (χ0n) is 14.3. The molecule has 0 atom stereocenters. The second-order valence-corrected chi connectivity index (χ2v) is 6.78. The van der Waals surface area contributed by atoms with Crippen molar-refractivity contribution in [1.29, 1.82) is 0 Å². The molecule has 27 heavy (non-hydrogen) atoms. The Morgan fingerprint density at radius 1 is 1.19 bits per heavy atom. The molecule has 1 aromatic carbocycles. The molecule has 2 aromatic heterocycles. The maximum atomic E-state index is 11.5. The van der Waals surface area contributed by atoms with Crippen LogP contribution in [-0.2, 0) is 6.54 Å². The lowest BCUT2D eigenvalue weighted by Crippen LogP contribution is -2.15. The maximum absolute atomic E-state index is 11.5. The normalized spacial score (nSPS) is 11.3. The minimum Gasteiger partial charge on any atom is -0.288 e. The molecule has 140 valence electrons. The van der Waals surface area contributed by atoms with E-state index in [1.807, 2.05) is 0 Å². The second kappa shape index (κ2) is 8.08. The number of hydrogen-bond donors (Lipinski definition) is 2. The van der Waals surface area contributed by atoms with E-state index in [1.165, 1.54) is 6.21 Å². The summed E-state index contributed by atoms with van der Waals surface area (Å²) in [5.74, 6) is 0.117. The molecule has 0 saturated carbocycles. The molecule has 3 rings (SSSR count). The molecule has 0 amide bonds. The van der Waals surface area contributed by atoms with Crippen LogP contribution in [0.1, 0.15) is 22.5 Å². The van der Waals surface area contributed by atoms with Gasteiger partial charge in [-0.25, -0.2) is 10.1 Å². The first-order valence-electron chi connectivity index (χ1n) is 7.75. The lowest BCUT2D eigenvalue weighted by molar-refractivity contribution is 0.680. The molecule has 0 radical (unpaired) electrons. The third kappa shape index (κ3) is 4.29. The zero-order valence-corrected chi connectivity index (χ0v) is 16.6. The number of aromatic nitrogens is 5. The van der Waals surface area contributed by atoms with Crippen molar-refractivity contribution in [3.8, 4) is 0 Å². The van der Waals surface area contributed by atoms with Crippen molar-refractivity contribution in [1.82, 2.24) is 25.0 Å². The van der Waals surface area contributed by atoms with E-state index < -0.39 is 0 Å².